The van der Waals surface area contributed by atoms with Gasteiger partial charge < -0.3 is 15.7 Å². The number of rotatable bonds is 12. The molecule has 3 aromatic carbocycles. The Morgan fingerprint density at radius 1 is 1.05 bits per heavy atom. The molecule has 0 radical (unpaired) electrons. The Labute approximate surface area is 230 Å². The van der Waals surface area contributed by atoms with Crippen LogP contribution in [-0.4, -0.2) is 33.9 Å². The standard InChI is InChI=1S/C31H34F2N2O3S/c1-3-13-39(38)27-10-6-8-23(18-27)30(37)35-28(17-22-15-25(32)19-26(33)16-22)29(36)20-34-31(11-12-31)24-9-5-7-21(4-2)14-24/h3,5-10,13-16,18-19,28-29,34,36H,4,11-12,17,20H2,1-2H3,(H,35,37)/t28-,29+,39?/m0/s1. The van der Waals surface area contributed by atoms with Crippen molar-refractivity contribution < 1.29 is 22.9 Å². The lowest BCUT2D eigenvalue weighted by Crippen LogP contribution is -2.50. The summed E-state index contributed by atoms with van der Waals surface area (Å²) >= 11 is 0. The lowest BCUT2D eigenvalue weighted by molar-refractivity contribution is 0.0821. The molecule has 0 spiro atoms. The van der Waals surface area contributed by atoms with Crippen molar-refractivity contribution in [3.63, 3.8) is 0 Å². The van der Waals surface area contributed by atoms with E-state index >= 15 is 0 Å². The van der Waals surface area contributed by atoms with E-state index in [9.17, 15) is 22.9 Å². The summed E-state index contributed by atoms with van der Waals surface area (Å²) in [6.07, 6.45) is 3.42. The summed E-state index contributed by atoms with van der Waals surface area (Å²) in [5.74, 6) is -1.93. The first-order valence-electron chi connectivity index (χ1n) is 13.1. The van der Waals surface area contributed by atoms with E-state index in [4.69, 9.17) is 0 Å². The van der Waals surface area contributed by atoms with Gasteiger partial charge in [-0.1, -0.05) is 43.3 Å². The predicted molar refractivity (Wildman–Crippen MR) is 150 cm³/mol. The van der Waals surface area contributed by atoms with Crippen LogP contribution in [0.5, 0.6) is 0 Å². The van der Waals surface area contributed by atoms with E-state index in [0.717, 1.165) is 30.9 Å². The Hall–Kier alpha value is -3.20. The number of hydrogen-bond donors (Lipinski definition) is 3. The molecule has 1 saturated carbocycles. The van der Waals surface area contributed by atoms with Crippen molar-refractivity contribution in [3.05, 3.63) is 112 Å². The number of nitrogens with one attached hydrogen (secondary N) is 2. The number of aliphatic hydroxyl groups excluding tert-OH is 1. The Morgan fingerprint density at radius 2 is 1.77 bits per heavy atom. The third-order valence-electron chi connectivity index (χ3n) is 7.03. The number of carbonyl (C=O) groups excluding carboxylic acids is 1. The molecule has 1 aliphatic carbocycles. The normalized spacial score (nSPS) is 16.5. The summed E-state index contributed by atoms with van der Waals surface area (Å²) in [5.41, 5.74) is 2.74. The topological polar surface area (TPSA) is 78.4 Å². The van der Waals surface area contributed by atoms with Crippen LogP contribution in [0.3, 0.4) is 0 Å². The van der Waals surface area contributed by atoms with Crippen molar-refractivity contribution in [1.82, 2.24) is 10.6 Å². The first-order chi connectivity index (χ1) is 18.7. The first-order valence-corrected chi connectivity index (χ1v) is 14.4. The van der Waals surface area contributed by atoms with E-state index in [0.29, 0.717) is 10.5 Å². The van der Waals surface area contributed by atoms with Crippen molar-refractivity contribution in [1.29, 1.82) is 0 Å². The molecule has 206 valence electrons. The number of amides is 1. The Morgan fingerprint density at radius 3 is 2.44 bits per heavy atom. The first kappa shape index (κ1) is 28.8. The molecular formula is C31H34F2N2O3S. The third-order valence-corrected chi connectivity index (χ3v) is 8.27. The zero-order valence-corrected chi connectivity index (χ0v) is 22.9. The third kappa shape index (κ3) is 7.47. The van der Waals surface area contributed by atoms with Crippen LogP contribution in [0.2, 0.25) is 0 Å². The van der Waals surface area contributed by atoms with Gasteiger partial charge in [-0.2, -0.15) is 0 Å². The van der Waals surface area contributed by atoms with Gasteiger partial charge in [0.05, 0.1) is 22.9 Å². The predicted octanol–water partition coefficient (Wildman–Crippen LogP) is 5.15. The molecule has 1 aliphatic rings. The van der Waals surface area contributed by atoms with E-state index in [2.05, 4.69) is 35.8 Å². The van der Waals surface area contributed by atoms with Crippen LogP contribution in [0.4, 0.5) is 8.78 Å². The second-order valence-electron chi connectivity index (χ2n) is 9.94. The Bertz CT molecular complexity index is 1350. The van der Waals surface area contributed by atoms with E-state index in [1.54, 1.807) is 31.2 Å². The summed E-state index contributed by atoms with van der Waals surface area (Å²) < 4.78 is 40.2. The molecule has 39 heavy (non-hydrogen) atoms. The van der Waals surface area contributed by atoms with E-state index in [-0.39, 0.29) is 24.1 Å². The minimum absolute atomic E-state index is 0.0196. The highest BCUT2D eigenvalue weighted by Gasteiger charge is 2.44. The van der Waals surface area contributed by atoms with Gasteiger partial charge in [0.15, 0.2) is 0 Å². The second-order valence-corrected chi connectivity index (χ2v) is 11.3. The van der Waals surface area contributed by atoms with Crippen molar-refractivity contribution in [3.8, 4) is 0 Å². The highest BCUT2D eigenvalue weighted by atomic mass is 32.2. The van der Waals surface area contributed by atoms with Gasteiger partial charge in [0.25, 0.3) is 5.91 Å². The molecule has 0 bridgehead atoms. The van der Waals surface area contributed by atoms with E-state index < -0.39 is 40.5 Å². The molecule has 5 nitrogen and oxygen atoms in total. The molecular weight excluding hydrogens is 518 g/mol. The average Bonchev–Trinajstić information content (AvgIpc) is 3.72. The van der Waals surface area contributed by atoms with Gasteiger partial charge in [0.2, 0.25) is 0 Å². The van der Waals surface area contributed by atoms with Gasteiger partial charge in [0.1, 0.15) is 11.6 Å². The minimum Gasteiger partial charge on any atom is -0.390 e. The average molecular weight is 553 g/mol. The number of aliphatic hydroxyl groups is 1. The summed E-state index contributed by atoms with van der Waals surface area (Å²) in [7, 11) is -1.40. The highest BCUT2D eigenvalue weighted by Crippen LogP contribution is 2.45. The van der Waals surface area contributed by atoms with Gasteiger partial charge in [-0.05, 0) is 79.6 Å². The minimum atomic E-state index is -1.40. The van der Waals surface area contributed by atoms with Crippen LogP contribution < -0.4 is 10.6 Å². The monoisotopic (exact) mass is 552 g/mol. The SMILES string of the molecule is CC=CS(=O)c1cccc(C(=O)N[C@@H](Cc2cc(F)cc(F)c2)[C@H](O)CNC2(c3cccc(CC)c3)CC2)c1. The van der Waals surface area contributed by atoms with Crippen molar-refractivity contribution in [2.75, 3.05) is 6.54 Å². The molecule has 0 aliphatic heterocycles. The van der Waals surface area contributed by atoms with Crippen LogP contribution in [0.15, 0.2) is 83.1 Å². The maximum atomic E-state index is 13.9. The largest absolute Gasteiger partial charge is 0.390 e. The zero-order chi connectivity index (χ0) is 28.0. The quantitative estimate of drug-likeness (QED) is 0.291. The maximum Gasteiger partial charge on any atom is 0.251 e. The number of hydrogen-bond acceptors (Lipinski definition) is 4. The van der Waals surface area contributed by atoms with Crippen LogP contribution in [0, 0.1) is 11.6 Å². The molecule has 8 heteroatoms. The van der Waals surface area contributed by atoms with Gasteiger partial charge in [-0.25, -0.2) is 13.0 Å². The number of allylic oxidation sites excluding steroid dienone is 1. The van der Waals surface area contributed by atoms with Gasteiger partial charge in [0, 0.05) is 34.0 Å². The Kier molecular flexibility index (Phi) is 9.43. The lowest BCUT2D eigenvalue weighted by atomic mass is 9.98. The molecule has 3 aromatic rings. The molecule has 1 unspecified atom stereocenters. The summed E-state index contributed by atoms with van der Waals surface area (Å²) in [6, 6.07) is 17.1. The molecule has 1 amide bonds. The fraction of sp³-hybridized carbons (Fsp3) is 0.323. The van der Waals surface area contributed by atoms with Gasteiger partial charge in [-0.15, -0.1) is 0 Å². The number of halogens is 2. The lowest BCUT2D eigenvalue weighted by Gasteiger charge is -2.27. The molecule has 3 atom stereocenters. The number of aryl methyl sites for hydroxylation is 1. The van der Waals surface area contributed by atoms with Crippen LogP contribution in [0.25, 0.3) is 0 Å². The summed E-state index contributed by atoms with van der Waals surface area (Å²) in [4.78, 5) is 13.7. The van der Waals surface area contributed by atoms with Gasteiger partial charge >= 0.3 is 0 Å². The van der Waals surface area contributed by atoms with Crippen LogP contribution >= 0.6 is 0 Å². The molecule has 1 fully saturated rings. The van der Waals surface area contributed by atoms with Crippen molar-refractivity contribution in [2.45, 2.75) is 62.1 Å². The van der Waals surface area contributed by atoms with Gasteiger partial charge in [-0.3, -0.25) is 4.79 Å². The second kappa shape index (κ2) is 12.8. The van der Waals surface area contributed by atoms with Crippen LogP contribution in [0.1, 0.15) is 53.7 Å². The molecule has 0 aromatic heterocycles. The van der Waals surface area contributed by atoms with E-state index in [1.807, 2.05) is 6.07 Å². The Balaban J connectivity index is 1.53. The zero-order valence-electron chi connectivity index (χ0n) is 22.1. The van der Waals surface area contributed by atoms with Crippen LogP contribution in [-0.2, 0) is 29.2 Å². The maximum absolute atomic E-state index is 13.9. The van der Waals surface area contributed by atoms with Crippen molar-refractivity contribution in [2.24, 2.45) is 0 Å². The van der Waals surface area contributed by atoms with Crippen molar-refractivity contribution >= 4 is 16.7 Å². The number of benzene rings is 3. The molecule has 4 rings (SSSR count). The summed E-state index contributed by atoms with van der Waals surface area (Å²) in [5, 5.41) is 19.1. The number of carbonyl (C=O) groups is 1. The highest BCUT2D eigenvalue weighted by molar-refractivity contribution is 7.88. The molecule has 0 heterocycles. The fourth-order valence-corrected chi connectivity index (χ4v) is 5.57. The molecule has 3 N–H and O–H groups in total. The van der Waals surface area contributed by atoms with E-state index in [1.165, 1.54) is 29.2 Å². The fourth-order valence-electron chi connectivity index (χ4n) is 4.71. The molecule has 0 saturated heterocycles. The summed E-state index contributed by atoms with van der Waals surface area (Å²) in [6.45, 7) is 4.03. The smallest absolute Gasteiger partial charge is 0.251 e.